The lowest BCUT2D eigenvalue weighted by Gasteiger charge is -2.18. The second kappa shape index (κ2) is 8.85. The number of amides is 1. The van der Waals surface area contributed by atoms with Crippen molar-refractivity contribution in [2.45, 2.75) is 32.8 Å². The van der Waals surface area contributed by atoms with E-state index in [0.29, 0.717) is 21.7 Å². The third-order valence-electron chi connectivity index (χ3n) is 3.87. The highest BCUT2D eigenvalue weighted by Crippen LogP contribution is 2.28. The first kappa shape index (κ1) is 20.0. The molecule has 26 heavy (non-hydrogen) atoms. The number of nitrogens with one attached hydrogen (secondary N) is 1. The second-order valence-corrected chi connectivity index (χ2v) is 6.98. The minimum absolute atomic E-state index is 0.248. The maximum Gasteiger partial charge on any atom is 0.337 e. The molecule has 2 rings (SSSR count). The van der Waals surface area contributed by atoms with Gasteiger partial charge in [0, 0.05) is 5.69 Å². The van der Waals surface area contributed by atoms with E-state index in [0.717, 1.165) is 11.3 Å². The number of hydrogen-bond acceptors (Lipinski definition) is 4. The molecule has 0 bridgehead atoms. The lowest BCUT2D eigenvalue weighted by molar-refractivity contribution is -0.122. The van der Waals surface area contributed by atoms with Crippen molar-refractivity contribution < 1.29 is 19.1 Å². The SMILES string of the molecule is COC(=O)c1ccc(O[C@H](C)C(=O)Nc2ccccc2C(C)C)c(Br)c1. The zero-order valence-electron chi connectivity index (χ0n) is 15.2. The summed E-state index contributed by atoms with van der Waals surface area (Å²) in [6.45, 7) is 5.82. The lowest BCUT2D eigenvalue weighted by atomic mass is 10.0. The molecule has 0 aliphatic heterocycles. The number of benzene rings is 2. The summed E-state index contributed by atoms with van der Waals surface area (Å²) in [4.78, 5) is 24.0. The number of hydrogen-bond donors (Lipinski definition) is 1. The van der Waals surface area contributed by atoms with Crippen molar-refractivity contribution in [2.24, 2.45) is 0 Å². The molecule has 0 heterocycles. The van der Waals surface area contributed by atoms with Gasteiger partial charge >= 0.3 is 5.97 Å². The van der Waals surface area contributed by atoms with Gasteiger partial charge in [-0.3, -0.25) is 4.79 Å². The molecular formula is C20H22BrNO4. The average Bonchev–Trinajstić information content (AvgIpc) is 2.62. The maximum atomic E-state index is 12.5. The Labute approximate surface area is 161 Å². The Bertz CT molecular complexity index is 804. The molecular weight excluding hydrogens is 398 g/mol. The Hall–Kier alpha value is -2.34. The molecule has 0 aliphatic carbocycles. The van der Waals surface area contributed by atoms with Crippen LogP contribution in [0, 0.1) is 0 Å². The smallest absolute Gasteiger partial charge is 0.337 e. The molecule has 6 heteroatoms. The summed E-state index contributed by atoms with van der Waals surface area (Å²) in [5, 5.41) is 2.92. The summed E-state index contributed by atoms with van der Waals surface area (Å²) < 4.78 is 11.0. The van der Waals surface area contributed by atoms with E-state index in [9.17, 15) is 9.59 Å². The quantitative estimate of drug-likeness (QED) is 0.685. The highest BCUT2D eigenvalue weighted by atomic mass is 79.9. The number of ether oxygens (including phenoxy) is 2. The third kappa shape index (κ3) is 4.85. The van der Waals surface area contributed by atoms with Gasteiger partial charge in [0.2, 0.25) is 0 Å². The van der Waals surface area contributed by atoms with Crippen LogP contribution in [0.2, 0.25) is 0 Å². The lowest BCUT2D eigenvalue weighted by Crippen LogP contribution is -2.30. The van der Waals surface area contributed by atoms with Gasteiger partial charge in [-0.25, -0.2) is 4.79 Å². The molecule has 0 fully saturated rings. The first-order valence-corrected chi connectivity index (χ1v) is 9.07. The summed E-state index contributed by atoms with van der Waals surface area (Å²) in [7, 11) is 1.32. The normalized spacial score (nSPS) is 11.8. The van der Waals surface area contributed by atoms with Crippen LogP contribution < -0.4 is 10.1 Å². The van der Waals surface area contributed by atoms with Gasteiger partial charge < -0.3 is 14.8 Å². The maximum absolute atomic E-state index is 12.5. The molecule has 1 N–H and O–H groups in total. The fraction of sp³-hybridized carbons (Fsp3) is 0.300. The molecule has 0 radical (unpaired) electrons. The van der Waals surface area contributed by atoms with Crippen molar-refractivity contribution in [2.75, 3.05) is 12.4 Å². The molecule has 2 aromatic carbocycles. The van der Waals surface area contributed by atoms with Crippen LogP contribution in [-0.4, -0.2) is 25.1 Å². The van der Waals surface area contributed by atoms with E-state index in [1.807, 2.05) is 24.3 Å². The molecule has 0 saturated heterocycles. The van der Waals surface area contributed by atoms with Crippen LogP contribution in [0.25, 0.3) is 0 Å². The number of halogens is 1. The van der Waals surface area contributed by atoms with Gasteiger partial charge in [-0.05, 0) is 58.6 Å². The molecule has 1 amide bonds. The summed E-state index contributed by atoms with van der Waals surface area (Å²) in [6.07, 6.45) is -0.713. The molecule has 0 aliphatic rings. The largest absolute Gasteiger partial charge is 0.480 e. The predicted molar refractivity (Wildman–Crippen MR) is 105 cm³/mol. The minimum atomic E-state index is -0.713. The molecule has 2 aromatic rings. The van der Waals surface area contributed by atoms with Crippen molar-refractivity contribution in [3.63, 3.8) is 0 Å². The average molecular weight is 420 g/mol. The molecule has 138 valence electrons. The molecule has 0 aromatic heterocycles. The number of carbonyl (C=O) groups excluding carboxylic acids is 2. The van der Waals surface area contributed by atoms with Crippen LogP contribution in [-0.2, 0) is 9.53 Å². The van der Waals surface area contributed by atoms with Crippen molar-refractivity contribution in [1.29, 1.82) is 0 Å². The van der Waals surface area contributed by atoms with E-state index < -0.39 is 12.1 Å². The van der Waals surface area contributed by atoms with Gasteiger partial charge in [-0.1, -0.05) is 32.0 Å². The molecule has 5 nitrogen and oxygen atoms in total. The molecule has 0 unspecified atom stereocenters. The Balaban J connectivity index is 2.09. The first-order chi connectivity index (χ1) is 12.3. The van der Waals surface area contributed by atoms with E-state index in [2.05, 4.69) is 39.8 Å². The third-order valence-corrected chi connectivity index (χ3v) is 4.49. The van der Waals surface area contributed by atoms with Crippen LogP contribution in [0.1, 0.15) is 42.6 Å². The number of rotatable bonds is 6. The van der Waals surface area contributed by atoms with Crippen LogP contribution >= 0.6 is 15.9 Å². The number of methoxy groups -OCH3 is 1. The standard InChI is InChI=1S/C20H22BrNO4/c1-12(2)15-7-5-6-8-17(15)22-19(23)13(3)26-18-10-9-14(11-16(18)21)20(24)25-4/h5-13H,1-4H3,(H,22,23)/t13-/m1/s1. The number of esters is 1. The fourth-order valence-corrected chi connectivity index (χ4v) is 2.91. The van der Waals surface area contributed by atoms with Crippen molar-refractivity contribution in [3.8, 4) is 5.75 Å². The van der Waals surface area contributed by atoms with Gasteiger partial charge in [-0.2, -0.15) is 0 Å². The van der Waals surface area contributed by atoms with Crippen LogP contribution in [0.15, 0.2) is 46.9 Å². The zero-order valence-corrected chi connectivity index (χ0v) is 16.8. The summed E-state index contributed by atoms with van der Waals surface area (Å²) >= 11 is 3.36. The molecule has 1 atom stereocenters. The van der Waals surface area contributed by atoms with Crippen LogP contribution in [0.3, 0.4) is 0 Å². The number of carbonyl (C=O) groups is 2. The van der Waals surface area contributed by atoms with Crippen LogP contribution in [0.4, 0.5) is 5.69 Å². The van der Waals surface area contributed by atoms with E-state index in [-0.39, 0.29) is 5.91 Å². The van der Waals surface area contributed by atoms with Gasteiger partial charge in [0.25, 0.3) is 5.91 Å². The van der Waals surface area contributed by atoms with E-state index >= 15 is 0 Å². The minimum Gasteiger partial charge on any atom is -0.480 e. The number of anilines is 1. The Morgan fingerprint density at radius 1 is 1.08 bits per heavy atom. The van der Waals surface area contributed by atoms with Crippen molar-refractivity contribution in [1.82, 2.24) is 0 Å². The van der Waals surface area contributed by atoms with Gasteiger partial charge in [-0.15, -0.1) is 0 Å². The summed E-state index contributed by atoms with van der Waals surface area (Å²) in [5.41, 5.74) is 2.24. The van der Waals surface area contributed by atoms with Gasteiger partial charge in [0.05, 0.1) is 17.1 Å². The van der Waals surface area contributed by atoms with Crippen LogP contribution in [0.5, 0.6) is 5.75 Å². The van der Waals surface area contributed by atoms with Crippen molar-refractivity contribution >= 4 is 33.5 Å². The highest BCUT2D eigenvalue weighted by molar-refractivity contribution is 9.10. The Morgan fingerprint density at radius 2 is 1.77 bits per heavy atom. The van der Waals surface area contributed by atoms with E-state index in [1.54, 1.807) is 25.1 Å². The van der Waals surface area contributed by atoms with Gasteiger partial charge in [0.1, 0.15) is 5.75 Å². The topological polar surface area (TPSA) is 64.6 Å². The zero-order chi connectivity index (χ0) is 19.3. The Kier molecular flexibility index (Phi) is 6.80. The van der Waals surface area contributed by atoms with Crippen molar-refractivity contribution in [3.05, 3.63) is 58.1 Å². The predicted octanol–water partition coefficient (Wildman–Crippen LogP) is 4.77. The second-order valence-electron chi connectivity index (χ2n) is 6.13. The first-order valence-electron chi connectivity index (χ1n) is 8.27. The fourth-order valence-electron chi connectivity index (χ4n) is 2.43. The molecule has 0 spiro atoms. The monoisotopic (exact) mass is 419 g/mol. The summed E-state index contributed by atoms with van der Waals surface area (Å²) in [5.74, 6) is 0.0792. The summed E-state index contributed by atoms with van der Waals surface area (Å²) in [6, 6.07) is 12.5. The number of para-hydroxylation sites is 1. The molecule has 0 saturated carbocycles. The highest BCUT2D eigenvalue weighted by Gasteiger charge is 2.19. The van der Waals surface area contributed by atoms with Gasteiger partial charge in [0.15, 0.2) is 6.10 Å². The van der Waals surface area contributed by atoms with E-state index in [4.69, 9.17) is 4.74 Å². The Morgan fingerprint density at radius 3 is 2.38 bits per heavy atom. The van der Waals surface area contributed by atoms with E-state index in [1.165, 1.54) is 7.11 Å².